The van der Waals surface area contributed by atoms with Gasteiger partial charge in [0.05, 0.1) is 19.8 Å². The molecule has 0 radical (unpaired) electrons. The quantitative estimate of drug-likeness (QED) is 0.465. The van der Waals surface area contributed by atoms with E-state index in [1.54, 1.807) is 20.1 Å². The van der Waals surface area contributed by atoms with Gasteiger partial charge in [-0.25, -0.2) is 0 Å². The van der Waals surface area contributed by atoms with Crippen molar-refractivity contribution in [3.8, 4) is 0 Å². The van der Waals surface area contributed by atoms with E-state index in [1.807, 2.05) is 0 Å². The van der Waals surface area contributed by atoms with Crippen molar-refractivity contribution in [1.82, 2.24) is 0 Å². The lowest BCUT2D eigenvalue weighted by molar-refractivity contribution is -0.0739. The maximum Gasteiger partial charge on any atom is 0.152 e. The van der Waals surface area contributed by atoms with E-state index in [9.17, 15) is 0 Å². The molecule has 0 aliphatic rings. The summed E-state index contributed by atoms with van der Waals surface area (Å²) in [5, 5.41) is 16.4. The molecule has 2 N–H and O–H groups in total. The van der Waals surface area contributed by atoms with Crippen molar-refractivity contribution in [2.45, 2.75) is 13.2 Å². The third-order valence-electron chi connectivity index (χ3n) is 0.751. The third-order valence-corrected chi connectivity index (χ3v) is 0.751. The maximum atomic E-state index is 8.41. The average Bonchev–Trinajstić information content (AvgIpc) is 2.03. The van der Waals surface area contributed by atoms with E-state index in [1.165, 1.54) is 0 Å². The van der Waals surface area contributed by atoms with Crippen LogP contribution in [0.2, 0.25) is 0 Å². The molecule has 0 rings (SSSR count). The number of ether oxygens (including phenoxy) is 2. The van der Waals surface area contributed by atoms with Crippen LogP contribution in [0.25, 0.3) is 0 Å². The molecule has 0 saturated heterocycles. The third kappa shape index (κ3) is 22.7. The maximum absolute atomic E-state index is 8.41. The first kappa shape index (κ1) is 14.1. The molecule has 0 aromatic heterocycles. The van der Waals surface area contributed by atoms with Crippen LogP contribution in [0, 0.1) is 0 Å². The summed E-state index contributed by atoms with van der Waals surface area (Å²) < 4.78 is 9.07. The first-order valence-corrected chi connectivity index (χ1v) is 3.69. The van der Waals surface area contributed by atoms with E-state index in [0.29, 0.717) is 13.2 Å². The lowest BCUT2D eigenvalue weighted by atomic mass is 10.7. The summed E-state index contributed by atoms with van der Waals surface area (Å²) in [4.78, 5) is 0. The van der Waals surface area contributed by atoms with Gasteiger partial charge < -0.3 is 19.7 Å². The van der Waals surface area contributed by atoms with Gasteiger partial charge in [0.2, 0.25) is 0 Å². The molecule has 4 nitrogen and oxygen atoms in total. The standard InChI is InChI=1S/C5H10O2.C3H8O2/c1-3-4-7-5(2)6;1-5-3-2-4/h3,5-6H,1,4H2,2H3;4H,2-3H2,1H3. The zero-order valence-electron chi connectivity index (χ0n) is 7.69. The topological polar surface area (TPSA) is 58.9 Å². The normalized spacial score (nSPS) is 11.3. The number of rotatable bonds is 5. The molecule has 0 aliphatic heterocycles. The number of methoxy groups -OCH3 is 1. The minimum atomic E-state index is -0.669. The van der Waals surface area contributed by atoms with Gasteiger partial charge in [-0.15, -0.1) is 6.58 Å². The van der Waals surface area contributed by atoms with Crippen molar-refractivity contribution in [3.63, 3.8) is 0 Å². The molecule has 0 aromatic carbocycles. The lowest BCUT2D eigenvalue weighted by Crippen LogP contribution is -2.04. The molecule has 12 heavy (non-hydrogen) atoms. The number of aliphatic hydroxyl groups excluding tert-OH is 2. The van der Waals surface area contributed by atoms with Gasteiger partial charge in [-0.1, -0.05) is 6.08 Å². The van der Waals surface area contributed by atoms with E-state index in [-0.39, 0.29) is 6.61 Å². The van der Waals surface area contributed by atoms with Crippen LogP contribution in [0.1, 0.15) is 6.92 Å². The van der Waals surface area contributed by atoms with Gasteiger partial charge in [0.25, 0.3) is 0 Å². The summed E-state index contributed by atoms with van der Waals surface area (Å²) in [5.41, 5.74) is 0. The van der Waals surface area contributed by atoms with Gasteiger partial charge in [-0.2, -0.15) is 0 Å². The summed E-state index contributed by atoms with van der Waals surface area (Å²) in [6.45, 7) is 5.94. The van der Waals surface area contributed by atoms with Crippen molar-refractivity contribution < 1.29 is 19.7 Å². The predicted molar refractivity (Wildman–Crippen MR) is 46.8 cm³/mol. The van der Waals surface area contributed by atoms with Crippen LogP contribution in [0.5, 0.6) is 0 Å². The van der Waals surface area contributed by atoms with Gasteiger partial charge in [-0.3, -0.25) is 0 Å². The van der Waals surface area contributed by atoms with E-state index in [2.05, 4.69) is 16.1 Å². The zero-order valence-corrected chi connectivity index (χ0v) is 7.69. The first-order chi connectivity index (χ1) is 5.68. The van der Waals surface area contributed by atoms with Crippen LogP contribution >= 0.6 is 0 Å². The minimum absolute atomic E-state index is 0.122. The monoisotopic (exact) mass is 178 g/mol. The Bertz CT molecular complexity index is 81.1. The average molecular weight is 178 g/mol. The summed E-state index contributed by atoms with van der Waals surface area (Å²) in [7, 11) is 1.55. The molecule has 0 aromatic rings. The highest BCUT2D eigenvalue weighted by molar-refractivity contribution is 4.63. The van der Waals surface area contributed by atoms with Gasteiger partial charge in [0, 0.05) is 7.11 Å². The van der Waals surface area contributed by atoms with Crippen molar-refractivity contribution in [3.05, 3.63) is 12.7 Å². The van der Waals surface area contributed by atoms with E-state index >= 15 is 0 Å². The molecule has 74 valence electrons. The van der Waals surface area contributed by atoms with Crippen LogP contribution in [0.15, 0.2) is 12.7 Å². The molecule has 0 aliphatic carbocycles. The summed E-state index contributed by atoms with van der Waals surface area (Å²) in [5.74, 6) is 0. The Morgan fingerprint density at radius 3 is 2.25 bits per heavy atom. The van der Waals surface area contributed by atoms with Crippen LogP contribution in [-0.2, 0) is 9.47 Å². The molecular weight excluding hydrogens is 160 g/mol. The zero-order chi connectivity index (χ0) is 9.82. The van der Waals surface area contributed by atoms with Crippen LogP contribution < -0.4 is 0 Å². The molecule has 1 unspecified atom stereocenters. The number of aliphatic hydroxyl groups is 2. The Balaban J connectivity index is 0. The Hall–Kier alpha value is -0.420. The second kappa shape index (κ2) is 13.2. The van der Waals surface area contributed by atoms with Crippen molar-refractivity contribution >= 4 is 0 Å². The number of hydrogen-bond donors (Lipinski definition) is 2. The highest BCUT2D eigenvalue weighted by atomic mass is 16.6. The van der Waals surface area contributed by atoms with Crippen LogP contribution in [-0.4, -0.2) is 43.4 Å². The molecule has 0 amide bonds. The van der Waals surface area contributed by atoms with Gasteiger partial charge >= 0.3 is 0 Å². The molecule has 0 heterocycles. The molecule has 0 fully saturated rings. The van der Waals surface area contributed by atoms with Crippen molar-refractivity contribution in [1.29, 1.82) is 0 Å². The van der Waals surface area contributed by atoms with E-state index in [0.717, 1.165) is 0 Å². The second-order valence-corrected chi connectivity index (χ2v) is 1.94. The highest BCUT2D eigenvalue weighted by Gasteiger charge is 1.86. The Morgan fingerprint density at radius 1 is 1.58 bits per heavy atom. The smallest absolute Gasteiger partial charge is 0.152 e. The first-order valence-electron chi connectivity index (χ1n) is 3.69. The minimum Gasteiger partial charge on any atom is -0.394 e. The summed E-state index contributed by atoms with van der Waals surface area (Å²) in [6, 6.07) is 0. The Labute approximate surface area is 73.4 Å². The largest absolute Gasteiger partial charge is 0.394 e. The van der Waals surface area contributed by atoms with Crippen LogP contribution in [0.4, 0.5) is 0 Å². The fraction of sp³-hybridized carbons (Fsp3) is 0.750. The molecule has 0 bridgehead atoms. The molecule has 4 heteroatoms. The molecule has 0 saturated carbocycles. The van der Waals surface area contributed by atoms with Gasteiger partial charge in [-0.05, 0) is 6.92 Å². The van der Waals surface area contributed by atoms with Gasteiger partial charge in [0.15, 0.2) is 6.29 Å². The number of hydrogen-bond acceptors (Lipinski definition) is 4. The fourth-order valence-corrected chi connectivity index (χ4v) is 0.299. The SMILES string of the molecule is C=CCOC(C)O.COCCO. The lowest BCUT2D eigenvalue weighted by Gasteiger charge is -2.00. The van der Waals surface area contributed by atoms with Gasteiger partial charge in [0.1, 0.15) is 0 Å². The molecular formula is C8H18O4. The van der Waals surface area contributed by atoms with E-state index in [4.69, 9.17) is 10.2 Å². The molecule has 0 spiro atoms. The second-order valence-electron chi connectivity index (χ2n) is 1.94. The summed E-state index contributed by atoms with van der Waals surface area (Å²) >= 11 is 0. The highest BCUT2D eigenvalue weighted by Crippen LogP contribution is 1.81. The Morgan fingerprint density at radius 2 is 2.17 bits per heavy atom. The van der Waals surface area contributed by atoms with E-state index < -0.39 is 6.29 Å². The van der Waals surface area contributed by atoms with Crippen molar-refractivity contribution in [2.24, 2.45) is 0 Å². The predicted octanol–water partition coefficient (Wildman–Crippen LogP) is 0.152. The van der Waals surface area contributed by atoms with Crippen LogP contribution in [0.3, 0.4) is 0 Å². The Kier molecular flexibility index (Phi) is 15.5. The summed E-state index contributed by atoms with van der Waals surface area (Å²) in [6.07, 6.45) is 0.921. The van der Waals surface area contributed by atoms with Crippen molar-refractivity contribution in [2.75, 3.05) is 26.9 Å². The fourth-order valence-electron chi connectivity index (χ4n) is 0.299. The molecule has 1 atom stereocenters.